The molecule has 1 aromatic carbocycles. The van der Waals surface area contributed by atoms with E-state index in [-0.39, 0.29) is 5.56 Å². The van der Waals surface area contributed by atoms with Crippen LogP contribution in [0.2, 0.25) is 0 Å². The lowest BCUT2D eigenvalue weighted by Gasteiger charge is -2.27. The molecule has 0 fully saturated rings. The molecule has 0 aromatic heterocycles. The molecule has 8 nitrogen and oxygen atoms in total. The highest BCUT2D eigenvalue weighted by Crippen LogP contribution is 2.23. The fourth-order valence-corrected chi connectivity index (χ4v) is 3.71. The van der Waals surface area contributed by atoms with Gasteiger partial charge in [0.2, 0.25) is 0 Å². The van der Waals surface area contributed by atoms with Gasteiger partial charge in [-0.1, -0.05) is 38.8 Å². The number of carbonyl (C=O) groups is 4. The molecule has 0 aliphatic carbocycles. The number of ether oxygens (including phenoxy) is 3. The monoisotopic (exact) mass is 507 g/mol. The zero-order chi connectivity index (χ0) is 20.7. The van der Waals surface area contributed by atoms with Crippen LogP contribution in [-0.4, -0.2) is 51.2 Å². The van der Waals surface area contributed by atoms with Gasteiger partial charge in [0.05, 0.1) is 21.3 Å². The van der Waals surface area contributed by atoms with E-state index in [1.54, 1.807) is 18.2 Å². The van der Waals surface area contributed by atoms with Crippen molar-refractivity contribution in [3.8, 4) is 0 Å². The van der Waals surface area contributed by atoms with Gasteiger partial charge in [0.15, 0.2) is 5.92 Å². The number of amides is 1. The minimum atomic E-state index is -1.42. The molecular weight excluding hydrogens is 490 g/mol. The predicted octanol–water partition coefficient (Wildman–Crippen LogP) is 2.08. The van der Waals surface area contributed by atoms with Gasteiger partial charge in [-0.15, -0.1) is 0 Å². The van der Waals surface area contributed by atoms with Gasteiger partial charge in [-0.05, 0) is 18.2 Å². The van der Waals surface area contributed by atoms with E-state index >= 15 is 0 Å². The summed E-state index contributed by atoms with van der Waals surface area (Å²) in [6, 6.07) is 3.55. The van der Waals surface area contributed by atoms with Gasteiger partial charge < -0.3 is 19.5 Å². The van der Waals surface area contributed by atoms with Crippen LogP contribution in [0.1, 0.15) is 17.3 Å². The van der Waals surface area contributed by atoms with Crippen molar-refractivity contribution in [2.75, 3.05) is 21.3 Å². The van der Waals surface area contributed by atoms with Crippen LogP contribution in [-0.2, 0) is 28.6 Å². The van der Waals surface area contributed by atoms with E-state index in [0.29, 0.717) is 8.95 Å². The Bertz CT molecular complexity index is 702. The first kappa shape index (κ1) is 23.1. The number of methoxy groups -OCH3 is 3. The smallest absolute Gasteiger partial charge is 0.328 e. The van der Waals surface area contributed by atoms with Gasteiger partial charge in [0.1, 0.15) is 6.04 Å². The Balaban J connectivity index is 3.20. The SMILES string of the molecule is COC(=O)C(C(=O)OC)[C@@H](C)[C@@H](NC(=O)c1cc(Br)cc(Br)c1)C(=O)OC. The van der Waals surface area contributed by atoms with E-state index < -0.39 is 41.7 Å². The average molecular weight is 509 g/mol. The summed E-state index contributed by atoms with van der Waals surface area (Å²) >= 11 is 6.55. The summed E-state index contributed by atoms with van der Waals surface area (Å²) in [7, 11) is 3.35. The van der Waals surface area contributed by atoms with E-state index in [4.69, 9.17) is 4.74 Å². The first-order valence-electron chi connectivity index (χ1n) is 7.66. The maximum absolute atomic E-state index is 12.6. The normalized spacial score (nSPS) is 12.7. The number of nitrogens with one attached hydrogen (secondary N) is 1. The van der Waals surface area contributed by atoms with Crippen molar-refractivity contribution in [3.63, 3.8) is 0 Å². The molecule has 1 aromatic rings. The second-order valence-corrected chi connectivity index (χ2v) is 7.35. The number of hydrogen-bond acceptors (Lipinski definition) is 7. The molecule has 0 heterocycles. The fourth-order valence-electron chi connectivity index (χ4n) is 2.41. The van der Waals surface area contributed by atoms with Crippen LogP contribution in [0.3, 0.4) is 0 Å². The van der Waals surface area contributed by atoms with Crippen LogP contribution in [0, 0.1) is 11.8 Å². The average Bonchev–Trinajstić information content (AvgIpc) is 2.63. The number of halogens is 2. The highest BCUT2D eigenvalue weighted by molar-refractivity contribution is 9.11. The number of rotatable bonds is 7. The summed E-state index contributed by atoms with van der Waals surface area (Å²) < 4.78 is 15.3. The minimum absolute atomic E-state index is 0.255. The van der Waals surface area contributed by atoms with E-state index in [1.807, 2.05) is 0 Å². The zero-order valence-electron chi connectivity index (χ0n) is 15.1. The zero-order valence-corrected chi connectivity index (χ0v) is 18.2. The van der Waals surface area contributed by atoms with Crippen LogP contribution in [0.15, 0.2) is 27.1 Å². The van der Waals surface area contributed by atoms with Gasteiger partial charge in [-0.3, -0.25) is 14.4 Å². The van der Waals surface area contributed by atoms with Crippen molar-refractivity contribution in [1.82, 2.24) is 5.32 Å². The summed E-state index contributed by atoms with van der Waals surface area (Å²) in [5.41, 5.74) is 0.255. The molecule has 1 rings (SSSR count). The van der Waals surface area contributed by atoms with Crippen LogP contribution in [0.25, 0.3) is 0 Å². The Morgan fingerprint density at radius 2 is 1.30 bits per heavy atom. The second-order valence-electron chi connectivity index (χ2n) is 5.52. The van der Waals surface area contributed by atoms with Gasteiger partial charge >= 0.3 is 17.9 Å². The summed E-state index contributed by atoms with van der Waals surface area (Å²) in [5.74, 6) is -5.59. The lowest BCUT2D eigenvalue weighted by atomic mass is 9.87. The standard InChI is InChI=1S/C17H19Br2NO7/c1-8(12(15(22)25-2)16(23)26-3)13(17(24)27-4)20-14(21)9-5-10(18)7-11(19)6-9/h5-8,12-13H,1-4H3,(H,20,21)/t8-,13-/m1/s1. The fraction of sp³-hybridized carbons (Fsp3) is 0.412. The summed E-state index contributed by atoms with van der Waals surface area (Å²) in [6.45, 7) is 1.44. The molecular formula is C17H19Br2NO7. The molecule has 27 heavy (non-hydrogen) atoms. The molecule has 0 saturated heterocycles. The van der Waals surface area contributed by atoms with Gasteiger partial charge in [-0.2, -0.15) is 0 Å². The van der Waals surface area contributed by atoms with Crippen LogP contribution in [0.5, 0.6) is 0 Å². The third kappa shape index (κ3) is 6.03. The van der Waals surface area contributed by atoms with Crippen molar-refractivity contribution < 1.29 is 33.4 Å². The van der Waals surface area contributed by atoms with Crippen molar-refractivity contribution in [1.29, 1.82) is 0 Å². The molecule has 1 amide bonds. The Morgan fingerprint density at radius 1 is 0.852 bits per heavy atom. The van der Waals surface area contributed by atoms with Gasteiger partial charge in [0, 0.05) is 20.4 Å². The predicted molar refractivity (Wildman–Crippen MR) is 102 cm³/mol. The molecule has 0 radical (unpaired) electrons. The van der Waals surface area contributed by atoms with Crippen molar-refractivity contribution >= 4 is 55.7 Å². The van der Waals surface area contributed by atoms with E-state index in [9.17, 15) is 19.2 Å². The van der Waals surface area contributed by atoms with E-state index in [0.717, 1.165) is 21.3 Å². The van der Waals surface area contributed by atoms with E-state index in [1.165, 1.54) is 6.92 Å². The molecule has 0 bridgehead atoms. The molecule has 148 valence electrons. The third-order valence-corrected chi connectivity index (χ3v) is 4.74. The molecule has 0 aliphatic heterocycles. The number of esters is 3. The maximum atomic E-state index is 12.6. The van der Waals surface area contributed by atoms with Gasteiger partial charge in [-0.25, -0.2) is 4.79 Å². The second kappa shape index (κ2) is 10.4. The first-order valence-corrected chi connectivity index (χ1v) is 9.25. The van der Waals surface area contributed by atoms with Crippen molar-refractivity contribution in [2.45, 2.75) is 13.0 Å². The lowest BCUT2D eigenvalue weighted by molar-refractivity contribution is -0.162. The van der Waals surface area contributed by atoms with E-state index in [2.05, 4.69) is 46.7 Å². The lowest BCUT2D eigenvalue weighted by Crippen LogP contribution is -2.51. The Labute approximate surface area is 173 Å². The summed E-state index contributed by atoms with van der Waals surface area (Å²) in [5, 5.41) is 2.51. The molecule has 0 aliphatic rings. The largest absolute Gasteiger partial charge is 0.468 e. The Kier molecular flexibility index (Phi) is 8.91. The number of hydrogen-bond donors (Lipinski definition) is 1. The molecule has 0 unspecified atom stereocenters. The molecule has 2 atom stereocenters. The summed E-state index contributed by atoms with van der Waals surface area (Å²) in [6.07, 6.45) is 0. The molecule has 0 saturated carbocycles. The quantitative estimate of drug-likeness (QED) is 0.341. The molecule has 0 spiro atoms. The maximum Gasteiger partial charge on any atom is 0.328 e. The number of carbonyl (C=O) groups excluding carboxylic acids is 4. The minimum Gasteiger partial charge on any atom is -0.468 e. The van der Waals surface area contributed by atoms with Gasteiger partial charge in [0.25, 0.3) is 5.91 Å². The topological polar surface area (TPSA) is 108 Å². The van der Waals surface area contributed by atoms with Crippen LogP contribution in [0.4, 0.5) is 0 Å². The molecule has 10 heteroatoms. The van der Waals surface area contributed by atoms with Crippen LogP contribution < -0.4 is 5.32 Å². The van der Waals surface area contributed by atoms with Crippen molar-refractivity contribution in [2.24, 2.45) is 11.8 Å². The summed E-state index contributed by atoms with van der Waals surface area (Å²) in [4.78, 5) is 48.8. The Morgan fingerprint density at radius 3 is 1.70 bits per heavy atom. The number of benzene rings is 1. The molecule has 1 N–H and O–H groups in total. The van der Waals surface area contributed by atoms with Crippen molar-refractivity contribution in [3.05, 3.63) is 32.7 Å². The highest BCUT2D eigenvalue weighted by atomic mass is 79.9. The van der Waals surface area contributed by atoms with Crippen LogP contribution >= 0.6 is 31.9 Å². The Hall–Kier alpha value is -1.94. The first-order chi connectivity index (χ1) is 12.7. The third-order valence-electron chi connectivity index (χ3n) is 3.83. The highest BCUT2D eigenvalue weighted by Gasteiger charge is 2.42.